The molecule has 0 aromatic heterocycles. The number of amides is 2. The van der Waals surface area contributed by atoms with Crippen LogP contribution in [0.4, 0.5) is 5.69 Å². The van der Waals surface area contributed by atoms with Crippen LogP contribution in [0.2, 0.25) is 0 Å². The lowest BCUT2D eigenvalue weighted by molar-refractivity contribution is -0.122. The van der Waals surface area contributed by atoms with E-state index in [9.17, 15) is 18.0 Å². The molecule has 35 heavy (non-hydrogen) atoms. The molecular weight excluding hydrogens is 460 g/mol. The summed E-state index contributed by atoms with van der Waals surface area (Å²) in [4.78, 5) is 25.7. The van der Waals surface area contributed by atoms with Gasteiger partial charge in [-0.1, -0.05) is 42.5 Å². The predicted octanol–water partition coefficient (Wildman–Crippen LogP) is 5.28. The Morgan fingerprint density at radius 1 is 0.829 bits per heavy atom. The van der Waals surface area contributed by atoms with Gasteiger partial charge in [-0.15, -0.1) is 0 Å². The van der Waals surface area contributed by atoms with Crippen molar-refractivity contribution in [3.05, 3.63) is 105 Å². The molecule has 3 aromatic carbocycles. The topological polar surface area (TPSA) is 83.6 Å². The van der Waals surface area contributed by atoms with E-state index in [0.717, 1.165) is 32.2 Å². The number of aryl methyl sites for hydroxylation is 4. The van der Waals surface area contributed by atoms with Crippen LogP contribution < -0.4 is 5.32 Å². The van der Waals surface area contributed by atoms with Crippen LogP contribution in [-0.2, 0) is 21.4 Å². The maximum absolute atomic E-state index is 13.3. The van der Waals surface area contributed by atoms with Crippen molar-refractivity contribution in [2.24, 2.45) is 0 Å². The number of hydrogen-bond acceptors (Lipinski definition) is 4. The standard InChI is InChI=1S/C28H28N2O4S/c1-17-6-7-19(3)25(14-17)29-27(31)23-12-9-22(10-13-23)16-30-28(32)21(5)26(35(30,33)34)24-11-8-18(2)20(4)15-24/h6-15H,16H2,1-5H3,(H,29,31). The second kappa shape index (κ2) is 9.15. The lowest BCUT2D eigenvalue weighted by Crippen LogP contribution is -2.30. The fourth-order valence-electron chi connectivity index (χ4n) is 4.09. The van der Waals surface area contributed by atoms with Crippen molar-refractivity contribution in [1.29, 1.82) is 0 Å². The molecule has 0 aliphatic carbocycles. The minimum Gasteiger partial charge on any atom is -0.322 e. The number of benzene rings is 3. The van der Waals surface area contributed by atoms with Gasteiger partial charge in [-0.2, -0.15) is 0 Å². The second-order valence-electron chi connectivity index (χ2n) is 9.04. The van der Waals surface area contributed by atoms with E-state index in [1.165, 1.54) is 0 Å². The van der Waals surface area contributed by atoms with Gasteiger partial charge in [0.1, 0.15) is 4.91 Å². The molecule has 1 N–H and O–H groups in total. The third kappa shape index (κ3) is 4.64. The molecule has 4 rings (SSSR count). The molecule has 7 heteroatoms. The predicted molar refractivity (Wildman–Crippen MR) is 138 cm³/mol. The fraction of sp³-hybridized carbons (Fsp3) is 0.214. The summed E-state index contributed by atoms with van der Waals surface area (Å²) in [5.74, 6) is -0.792. The van der Waals surface area contributed by atoms with Gasteiger partial charge in [0.2, 0.25) is 0 Å². The highest BCUT2D eigenvalue weighted by Gasteiger charge is 2.42. The van der Waals surface area contributed by atoms with Crippen LogP contribution in [0.25, 0.3) is 4.91 Å². The van der Waals surface area contributed by atoms with E-state index < -0.39 is 15.9 Å². The summed E-state index contributed by atoms with van der Waals surface area (Å²) in [7, 11) is -4.00. The Kier molecular flexibility index (Phi) is 6.38. The van der Waals surface area contributed by atoms with Crippen LogP contribution >= 0.6 is 0 Å². The summed E-state index contributed by atoms with van der Waals surface area (Å²) in [6.45, 7) is 9.19. The van der Waals surface area contributed by atoms with E-state index in [2.05, 4.69) is 5.32 Å². The van der Waals surface area contributed by atoms with Crippen LogP contribution in [0.15, 0.2) is 66.2 Å². The van der Waals surface area contributed by atoms with E-state index in [4.69, 9.17) is 0 Å². The number of carbonyl (C=O) groups excluding carboxylic acids is 2. The first-order chi connectivity index (χ1) is 16.5. The van der Waals surface area contributed by atoms with Gasteiger partial charge in [-0.3, -0.25) is 9.59 Å². The molecule has 180 valence electrons. The SMILES string of the molecule is CC1=C(c2ccc(C)c(C)c2)S(=O)(=O)N(Cc2ccc(C(=O)Nc3cc(C)ccc3C)cc2)C1=O. The number of sulfonamides is 1. The Balaban J connectivity index is 1.54. The number of nitrogens with zero attached hydrogens (tertiary/aromatic N) is 1. The van der Waals surface area contributed by atoms with E-state index in [-0.39, 0.29) is 22.9 Å². The molecule has 0 fully saturated rings. The summed E-state index contributed by atoms with van der Waals surface area (Å²) in [6, 6.07) is 17.8. The molecule has 0 unspecified atom stereocenters. The average molecular weight is 489 g/mol. The fourth-order valence-corrected chi connectivity index (χ4v) is 5.89. The molecule has 0 atom stereocenters. The van der Waals surface area contributed by atoms with E-state index in [1.807, 2.05) is 52.0 Å². The Morgan fingerprint density at radius 3 is 2.14 bits per heavy atom. The van der Waals surface area contributed by atoms with Crippen molar-refractivity contribution < 1.29 is 18.0 Å². The molecule has 1 aliphatic heterocycles. The third-order valence-corrected chi connectivity index (χ3v) is 8.32. The average Bonchev–Trinajstić information content (AvgIpc) is 2.97. The van der Waals surface area contributed by atoms with Gasteiger partial charge < -0.3 is 5.32 Å². The molecule has 0 spiro atoms. The van der Waals surface area contributed by atoms with Crippen LogP contribution in [-0.4, -0.2) is 24.5 Å². The summed E-state index contributed by atoms with van der Waals surface area (Å²) in [5, 5.41) is 2.91. The lowest BCUT2D eigenvalue weighted by Gasteiger charge is -2.17. The van der Waals surface area contributed by atoms with E-state index in [0.29, 0.717) is 16.7 Å². The van der Waals surface area contributed by atoms with Gasteiger partial charge in [0.05, 0.1) is 6.54 Å². The molecular formula is C28H28N2O4S. The second-order valence-corrected chi connectivity index (χ2v) is 10.8. The minimum atomic E-state index is -4.00. The highest BCUT2D eigenvalue weighted by Crippen LogP contribution is 2.37. The number of nitrogens with one attached hydrogen (secondary N) is 1. The number of rotatable bonds is 5. The molecule has 2 amide bonds. The summed E-state index contributed by atoms with van der Waals surface area (Å²) < 4.78 is 27.6. The summed E-state index contributed by atoms with van der Waals surface area (Å²) in [6.07, 6.45) is 0. The molecule has 6 nitrogen and oxygen atoms in total. The van der Waals surface area contributed by atoms with Crippen molar-refractivity contribution >= 4 is 32.4 Å². The van der Waals surface area contributed by atoms with Gasteiger partial charge in [0.25, 0.3) is 21.8 Å². The number of carbonyl (C=O) groups is 2. The monoisotopic (exact) mass is 488 g/mol. The van der Waals surface area contributed by atoms with Crippen LogP contribution in [0.5, 0.6) is 0 Å². The van der Waals surface area contributed by atoms with Crippen LogP contribution in [0.1, 0.15) is 50.7 Å². The van der Waals surface area contributed by atoms with E-state index in [1.54, 1.807) is 43.3 Å². The highest BCUT2D eigenvalue weighted by atomic mass is 32.2. The van der Waals surface area contributed by atoms with Gasteiger partial charge >= 0.3 is 0 Å². The Labute approximate surface area is 206 Å². The van der Waals surface area contributed by atoms with Gasteiger partial charge in [0.15, 0.2) is 0 Å². The van der Waals surface area contributed by atoms with Crippen molar-refractivity contribution in [2.45, 2.75) is 41.2 Å². The molecule has 0 bridgehead atoms. The highest BCUT2D eigenvalue weighted by molar-refractivity contribution is 7.99. The molecule has 3 aromatic rings. The van der Waals surface area contributed by atoms with Gasteiger partial charge in [-0.25, -0.2) is 12.7 Å². The molecule has 1 heterocycles. The van der Waals surface area contributed by atoms with Crippen LogP contribution in [0.3, 0.4) is 0 Å². The zero-order chi connectivity index (χ0) is 25.5. The first-order valence-corrected chi connectivity index (χ1v) is 12.8. The van der Waals surface area contributed by atoms with E-state index >= 15 is 0 Å². The summed E-state index contributed by atoms with van der Waals surface area (Å²) in [5.41, 5.74) is 6.52. The normalized spacial score (nSPS) is 15.0. The maximum Gasteiger partial charge on any atom is 0.268 e. The largest absolute Gasteiger partial charge is 0.322 e. The Hall–Kier alpha value is -3.71. The third-order valence-electron chi connectivity index (χ3n) is 6.39. The molecule has 0 radical (unpaired) electrons. The van der Waals surface area contributed by atoms with Crippen molar-refractivity contribution in [3.8, 4) is 0 Å². The number of hydrogen-bond donors (Lipinski definition) is 1. The van der Waals surface area contributed by atoms with Gasteiger partial charge in [0, 0.05) is 16.8 Å². The van der Waals surface area contributed by atoms with Crippen molar-refractivity contribution in [3.63, 3.8) is 0 Å². The molecule has 0 saturated heterocycles. The van der Waals surface area contributed by atoms with Crippen molar-refractivity contribution in [1.82, 2.24) is 4.31 Å². The smallest absolute Gasteiger partial charge is 0.268 e. The molecule has 1 aliphatic rings. The minimum absolute atomic E-state index is 0.0510. The lowest BCUT2D eigenvalue weighted by atomic mass is 10.0. The quantitative estimate of drug-likeness (QED) is 0.530. The van der Waals surface area contributed by atoms with Crippen LogP contribution in [0, 0.1) is 27.7 Å². The molecule has 0 saturated carbocycles. The summed E-state index contributed by atoms with van der Waals surface area (Å²) >= 11 is 0. The maximum atomic E-state index is 13.3. The first kappa shape index (κ1) is 24.4. The first-order valence-electron chi connectivity index (χ1n) is 11.3. The Bertz CT molecular complexity index is 1490. The van der Waals surface area contributed by atoms with Gasteiger partial charge in [-0.05, 0) is 86.2 Å². The van der Waals surface area contributed by atoms with Crippen molar-refractivity contribution in [2.75, 3.05) is 5.32 Å². The zero-order valence-electron chi connectivity index (χ0n) is 20.5. The zero-order valence-corrected chi connectivity index (χ0v) is 21.3. The Morgan fingerprint density at radius 2 is 1.49 bits per heavy atom. The number of anilines is 1.